The van der Waals surface area contributed by atoms with E-state index in [1.54, 1.807) is 85.8 Å². The summed E-state index contributed by atoms with van der Waals surface area (Å²) in [7, 11) is 0. The number of amides is 3. The van der Waals surface area contributed by atoms with Gasteiger partial charge in [0.2, 0.25) is 5.91 Å². The van der Waals surface area contributed by atoms with Gasteiger partial charge in [-0.15, -0.1) is 11.8 Å². The van der Waals surface area contributed by atoms with Gasteiger partial charge in [0.25, 0.3) is 11.8 Å². The number of thioether (sulfide) groups is 1. The fraction of sp³-hybridized carbons (Fsp3) is 0.167. The van der Waals surface area contributed by atoms with E-state index in [9.17, 15) is 23.6 Å². The number of ether oxygens (including phenoxy) is 1. The van der Waals surface area contributed by atoms with Gasteiger partial charge in [0.05, 0.1) is 22.4 Å². The molecule has 0 heterocycles. The Kier molecular flexibility index (Phi) is 12.7. The fourth-order valence-electron chi connectivity index (χ4n) is 4.13. The third-order valence-electron chi connectivity index (χ3n) is 6.73. The summed E-state index contributed by atoms with van der Waals surface area (Å²) in [5, 5.41) is 7.71. The quantitative estimate of drug-likeness (QED) is 0.0574. The Morgan fingerprint density at radius 3 is 2.17 bits per heavy atom. The van der Waals surface area contributed by atoms with Crippen molar-refractivity contribution < 1.29 is 28.3 Å². The molecular weight excluding hydrogens is 641 g/mol. The number of esters is 1. The molecule has 0 aromatic heterocycles. The van der Waals surface area contributed by atoms with Crippen molar-refractivity contribution in [1.82, 2.24) is 5.32 Å². The number of hydrogen-bond donors (Lipinski definition) is 3. The molecule has 8 nitrogen and oxygen atoms in total. The Labute approximate surface area is 281 Å². The summed E-state index contributed by atoms with van der Waals surface area (Å²) in [5.74, 6) is -2.54. The number of carbonyl (C=O) groups excluding carboxylic acids is 4. The van der Waals surface area contributed by atoms with E-state index in [-0.39, 0.29) is 22.2 Å². The summed E-state index contributed by atoms with van der Waals surface area (Å²) in [6, 6.07) is 25.7. The average molecular weight is 674 g/mol. The highest BCUT2D eigenvalue weighted by molar-refractivity contribution is 8.00. The molecular formula is C36H33ClFN3O5S. The normalized spacial score (nSPS) is 11.7. The summed E-state index contributed by atoms with van der Waals surface area (Å²) >= 11 is 7.49. The van der Waals surface area contributed by atoms with E-state index in [1.165, 1.54) is 36.0 Å². The smallest absolute Gasteiger partial charge is 0.338 e. The van der Waals surface area contributed by atoms with Crippen LogP contribution in [0.2, 0.25) is 5.02 Å². The van der Waals surface area contributed by atoms with E-state index in [4.69, 9.17) is 16.3 Å². The summed E-state index contributed by atoms with van der Waals surface area (Å²) in [6.07, 6.45) is 2.91. The molecule has 242 valence electrons. The molecule has 0 aliphatic carbocycles. The van der Waals surface area contributed by atoms with Crippen LogP contribution in [0.4, 0.5) is 15.8 Å². The maximum absolute atomic E-state index is 14.6. The third kappa shape index (κ3) is 10.3. The SMILES string of the molecule is CCCCOC(=O)c1ccc(NC(=O)C(C)Sc2ccc(NC(=O)/C(=C/c3c(F)cccc3Cl)NC(=O)c3ccccc3)cc2)cc1. The molecule has 0 radical (unpaired) electrons. The molecule has 0 spiro atoms. The molecule has 3 N–H and O–H groups in total. The van der Waals surface area contributed by atoms with Gasteiger partial charge in [-0.25, -0.2) is 9.18 Å². The molecule has 0 saturated carbocycles. The molecule has 0 bridgehead atoms. The Balaban J connectivity index is 1.38. The van der Waals surface area contributed by atoms with Crippen molar-refractivity contribution in [2.24, 2.45) is 0 Å². The lowest BCUT2D eigenvalue weighted by Crippen LogP contribution is -2.30. The minimum absolute atomic E-state index is 0.0486. The van der Waals surface area contributed by atoms with Crippen LogP contribution >= 0.6 is 23.4 Å². The molecule has 47 heavy (non-hydrogen) atoms. The first kappa shape index (κ1) is 34.9. The van der Waals surface area contributed by atoms with Gasteiger partial charge < -0.3 is 20.7 Å². The van der Waals surface area contributed by atoms with E-state index in [0.717, 1.165) is 17.7 Å². The topological polar surface area (TPSA) is 114 Å². The van der Waals surface area contributed by atoms with Crippen molar-refractivity contribution in [3.05, 3.63) is 130 Å². The highest BCUT2D eigenvalue weighted by atomic mass is 35.5. The molecule has 0 aliphatic heterocycles. The third-order valence-corrected chi connectivity index (χ3v) is 8.17. The van der Waals surface area contributed by atoms with Crippen LogP contribution in [0.25, 0.3) is 6.08 Å². The van der Waals surface area contributed by atoms with Gasteiger partial charge in [-0.05, 0) is 92.2 Å². The Hall–Kier alpha value is -4.93. The Morgan fingerprint density at radius 1 is 0.851 bits per heavy atom. The van der Waals surface area contributed by atoms with Crippen LogP contribution in [-0.2, 0) is 14.3 Å². The molecule has 4 rings (SSSR count). The minimum atomic E-state index is -0.693. The molecule has 3 amide bonds. The van der Waals surface area contributed by atoms with Crippen molar-refractivity contribution in [1.29, 1.82) is 0 Å². The molecule has 0 aliphatic rings. The molecule has 4 aromatic carbocycles. The Morgan fingerprint density at radius 2 is 1.51 bits per heavy atom. The van der Waals surface area contributed by atoms with Gasteiger partial charge >= 0.3 is 5.97 Å². The van der Waals surface area contributed by atoms with Crippen LogP contribution < -0.4 is 16.0 Å². The monoisotopic (exact) mass is 673 g/mol. The number of nitrogens with one attached hydrogen (secondary N) is 3. The molecule has 0 saturated heterocycles. The number of carbonyl (C=O) groups is 4. The van der Waals surface area contributed by atoms with Crippen LogP contribution in [0, 0.1) is 5.82 Å². The molecule has 1 unspecified atom stereocenters. The van der Waals surface area contributed by atoms with Gasteiger partial charge in [0.1, 0.15) is 11.5 Å². The zero-order valence-corrected chi connectivity index (χ0v) is 27.3. The largest absolute Gasteiger partial charge is 0.462 e. The van der Waals surface area contributed by atoms with E-state index < -0.39 is 28.9 Å². The first-order valence-corrected chi connectivity index (χ1v) is 16.1. The summed E-state index contributed by atoms with van der Waals surface area (Å²) in [5.41, 5.74) is 1.41. The van der Waals surface area contributed by atoms with Crippen molar-refractivity contribution in [3.63, 3.8) is 0 Å². The highest BCUT2D eigenvalue weighted by Crippen LogP contribution is 2.27. The molecule has 0 fully saturated rings. The zero-order valence-electron chi connectivity index (χ0n) is 25.7. The maximum Gasteiger partial charge on any atom is 0.338 e. The number of hydrogen-bond acceptors (Lipinski definition) is 6. The summed E-state index contributed by atoms with van der Waals surface area (Å²) in [4.78, 5) is 51.9. The number of anilines is 2. The van der Waals surface area contributed by atoms with E-state index in [2.05, 4.69) is 16.0 Å². The average Bonchev–Trinajstić information content (AvgIpc) is 3.07. The van der Waals surface area contributed by atoms with E-state index in [0.29, 0.717) is 29.1 Å². The van der Waals surface area contributed by atoms with Crippen LogP contribution in [-0.4, -0.2) is 35.5 Å². The van der Waals surface area contributed by atoms with E-state index in [1.807, 2.05) is 6.92 Å². The van der Waals surface area contributed by atoms with Crippen LogP contribution in [0.1, 0.15) is 53.0 Å². The van der Waals surface area contributed by atoms with Crippen molar-refractivity contribution >= 4 is 64.5 Å². The van der Waals surface area contributed by atoms with Crippen LogP contribution in [0.3, 0.4) is 0 Å². The predicted octanol–water partition coefficient (Wildman–Crippen LogP) is 7.96. The van der Waals surface area contributed by atoms with Gasteiger partial charge in [0.15, 0.2) is 0 Å². The second-order valence-electron chi connectivity index (χ2n) is 10.3. The zero-order chi connectivity index (χ0) is 33.8. The molecule has 11 heteroatoms. The highest BCUT2D eigenvalue weighted by Gasteiger charge is 2.18. The lowest BCUT2D eigenvalue weighted by molar-refractivity contribution is -0.115. The van der Waals surface area contributed by atoms with Crippen molar-refractivity contribution in [2.75, 3.05) is 17.2 Å². The fourth-order valence-corrected chi connectivity index (χ4v) is 5.22. The predicted molar refractivity (Wildman–Crippen MR) is 184 cm³/mol. The second-order valence-corrected chi connectivity index (χ2v) is 12.1. The number of benzene rings is 4. The minimum Gasteiger partial charge on any atom is -0.462 e. The van der Waals surface area contributed by atoms with Gasteiger partial charge in [-0.3, -0.25) is 14.4 Å². The lowest BCUT2D eigenvalue weighted by Gasteiger charge is -2.14. The Bertz CT molecular complexity index is 1730. The second kappa shape index (κ2) is 17.1. The van der Waals surface area contributed by atoms with Crippen LogP contribution in [0.15, 0.2) is 108 Å². The van der Waals surface area contributed by atoms with Gasteiger partial charge in [-0.2, -0.15) is 0 Å². The van der Waals surface area contributed by atoms with Gasteiger partial charge in [-0.1, -0.05) is 49.2 Å². The summed E-state index contributed by atoms with van der Waals surface area (Å²) < 4.78 is 19.8. The molecule has 4 aromatic rings. The van der Waals surface area contributed by atoms with E-state index >= 15 is 0 Å². The number of halogens is 2. The summed E-state index contributed by atoms with van der Waals surface area (Å²) in [6.45, 7) is 4.14. The van der Waals surface area contributed by atoms with Crippen molar-refractivity contribution in [3.8, 4) is 0 Å². The molecule has 1 atom stereocenters. The van der Waals surface area contributed by atoms with Crippen molar-refractivity contribution in [2.45, 2.75) is 36.8 Å². The standard InChI is InChI=1S/C36H33ClFN3O5S/c1-3-4-21-46-36(45)25-13-15-26(16-14-25)39-33(42)23(2)47-28-19-17-27(18-20-28)40-35(44)32(22-29-30(37)11-8-12-31(29)38)41-34(43)24-9-6-5-7-10-24/h5-20,22-23H,3-4,21H2,1-2H3,(H,39,42)(H,40,44)(H,41,43)/b32-22-. The lowest BCUT2D eigenvalue weighted by atomic mass is 10.1. The maximum atomic E-state index is 14.6. The first-order valence-electron chi connectivity index (χ1n) is 14.8. The van der Waals surface area contributed by atoms with Crippen LogP contribution in [0.5, 0.6) is 0 Å². The number of unbranched alkanes of at least 4 members (excludes halogenated alkanes) is 1. The first-order chi connectivity index (χ1) is 22.6. The van der Waals surface area contributed by atoms with Gasteiger partial charge in [0, 0.05) is 27.4 Å². The number of rotatable bonds is 13.